The van der Waals surface area contributed by atoms with Crippen molar-refractivity contribution in [1.82, 2.24) is 5.32 Å². The van der Waals surface area contributed by atoms with E-state index in [4.69, 9.17) is 4.74 Å². The number of phenolic OH excluding ortho intramolecular Hbond substituents is 1. The summed E-state index contributed by atoms with van der Waals surface area (Å²) in [6.45, 7) is 1.89. The molecular formula is C17H22ClNO2. The SMILES string of the molecule is COc1cc(CCNCCc2ccccc2)ccc1O.Cl. The molecule has 0 bridgehead atoms. The van der Waals surface area contributed by atoms with Gasteiger partial charge in [-0.3, -0.25) is 0 Å². The number of phenols is 1. The molecule has 21 heavy (non-hydrogen) atoms. The van der Waals surface area contributed by atoms with Crippen molar-refractivity contribution in [2.24, 2.45) is 0 Å². The molecule has 0 aliphatic rings. The maximum atomic E-state index is 9.53. The number of rotatable bonds is 7. The molecule has 0 amide bonds. The van der Waals surface area contributed by atoms with Gasteiger partial charge in [-0.05, 0) is 49.2 Å². The summed E-state index contributed by atoms with van der Waals surface area (Å²) >= 11 is 0. The first-order chi connectivity index (χ1) is 9.79. The van der Waals surface area contributed by atoms with Crippen molar-refractivity contribution in [2.45, 2.75) is 12.8 Å². The summed E-state index contributed by atoms with van der Waals surface area (Å²) in [4.78, 5) is 0. The third-order valence-electron chi connectivity index (χ3n) is 3.27. The van der Waals surface area contributed by atoms with E-state index in [0.717, 1.165) is 31.5 Å². The highest BCUT2D eigenvalue weighted by molar-refractivity contribution is 5.85. The highest BCUT2D eigenvalue weighted by atomic mass is 35.5. The number of benzene rings is 2. The summed E-state index contributed by atoms with van der Waals surface area (Å²) < 4.78 is 5.10. The Hall–Kier alpha value is -1.71. The van der Waals surface area contributed by atoms with Gasteiger partial charge < -0.3 is 15.2 Å². The fourth-order valence-electron chi connectivity index (χ4n) is 2.11. The first kappa shape index (κ1) is 17.3. The fourth-order valence-corrected chi connectivity index (χ4v) is 2.11. The molecule has 0 atom stereocenters. The second kappa shape index (κ2) is 9.27. The van der Waals surface area contributed by atoms with Gasteiger partial charge in [0.05, 0.1) is 7.11 Å². The lowest BCUT2D eigenvalue weighted by molar-refractivity contribution is 0.373. The molecule has 0 spiro atoms. The molecule has 0 fully saturated rings. The van der Waals surface area contributed by atoms with Gasteiger partial charge in [0.15, 0.2) is 11.5 Å². The van der Waals surface area contributed by atoms with Gasteiger partial charge in [0.2, 0.25) is 0 Å². The molecule has 0 aromatic heterocycles. The first-order valence-corrected chi connectivity index (χ1v) is 6.90. The van der Waals surface area contributed by atoms with Gasteiger partial charge >= 0.3 is 0 Å². The van der Waals surface area contributed by atoms with Crippen LogP contribution in [-0.4, -0.2) is 25.3 Å². The molecule has 4 heteroatoms. The minimum Gasteiger partial charge on any atom is -0.504 e. The average molecular weight is 308 g/mol. The molecule has 0 saturated carbocycles. The molecule has 2 rings (SSSR count). The van der Waals surface area contributed by atoms with E-state index in [0.29, 0.717) is 5.75 Å². The number of aromatic hydroxyl groups is 1. The summed E-state index contributed by atoms with van der Waals surface area (Å²) in [6, 6.07) is 16.0. The van der Waals surface area contributed by atoms with Crippen LogP contribution in [0.25, 0.3) is 0 Å². The van der Waals surface area contributed by atoms with E-state index in [1.54, 1.807) is 13.2 Å². The van der Waals surface area contributed by atoms with Crippen LogP contribution in [0.15, 0.2) is 48.5 Å². The highest BCUT2D eigenvalue weighted by Gasteiger charge is 2.02. The molecule has 2 aromatic carbocycles. The quantitative estimate of drug-likeness (QED) is 0.772. The second-order valence-corrected chi connectivity index (χ2v) is 4.74. The number of methoxy groups -OCH3 is 1. The minimum atomic E-state index is 0. The topological polar surface area (TPSA) is 41.5 Å². The lowest BCUT2D eigenvalue weighted by Crippen LogP contribution is -2.20. The standard InChI is InChI=1S/C17H21NO2.ClH/c1-20-17-13-15(7-8-16(17)19)10-12-18-11-9-14-5-3-2-4-6-14;/h2-8,13,18-19H,9-12H2,1H3;1H. The Morgan fingerprint density at radius 1 is 0.952 bits per heavy atom. The summed E-state index contributed by atoms with van der Waals surface area (Å²) in [5.41, 5.74) is 2.51. The van der Waals surface area contributed by atoms with Crippen LogP contribution in [0.2, 0.25) is 0 Å². The van der Waals surface area contributed by atoms with Crippen LogP contribution in [0.5, 0.6) is 11.5 Å². The van der Waals surface area contributed by atoms with E-state index < -0.39 is 0 Å². The summed E-state index contributed by atoms with van der Waals surface area (Å²) in [5.74, 6) is 0.722. The van der Waals surface area contributed by atoms with Crippen LogP contribution < -0.4 is 10.1 Å². The minimum absolute atomic E-state index is 0. The van der Waals surface area contributed by atoms with E-state index in [1.807, 2.05) is 18.2 Å². The molecule has 0 heterocycles. The molecule has 0 aliphatic heterocycles. The lowest BCUT2D eigenvalue weighted by atomic mass is 10.1. The Labute approximate surface area is 132 Å². The molecule has 3 nitrogen and oxygen atoms in total. The Kier molecular flexibility index (Phi) is 7.65. The van der Waals surface area contributed by atoms with E-state index in [9.17, 15) is 5.11 Å². The molecule has 0 saturated heterocycles. The van der Waals surface area contributed by atoms with Gasteiger partial charge in [0, 0.05) is 0 Å². The van der Waals surface area contributed by atoms with Crippen LogP contribution in [0.4, 0.5) is 0 Å². The molecule has 2 aromatic rings. The molecule has 2 N–H and O–H groups in total. The third kappa shape index (κ3) is 5.66. The highest BCUT2D eigenvalue weighted by Crippen LogP contribution is 2.26. The summed E-state index contributed by atoms with van der Waals surface area (Å²) in [5, 5.41) is 13.0. The van der Waals surface area contributed by atoms with Crippen molar-refractivity contribution in [3.05, 3.63) is 59.7 Å². The van der Waals surface area contributed by atoms with Gasteiger partial charge in [0.25, 0.3) is 0 Å². The Morgan fingerprint density at radius 3 is 2.29 bits per heavy atom. The largest absolute Gasteiger partial charge is 0.504 e. The van der Waals surface area contributed by atoms with E-state index in [1.165, 1.54) is 5.56 Å². The predicted molar refractivity (Wildman–Crippen MR) is 88.6 cm³/mol. The van der Waals surface area contributed by atoms with Crippen molar-refractivity contribution in [3.8, 4) is 11.5 Å². The van der Waals surface area contributed by atoms with Crippen LogP contribution in [0, 0.1) is 0 Å². The Balaban J connectivity index is 0.00000220. The zero-order valence-corrected chi connectivity index (χ0v) is 13.0. The average Bonchev–Trinajstić information content (AvgIpc) is 2.49. The van der Waals surface area contributed by atoms with E-state index in [-0.39, 0.29) is 18.2 Å². The Bertz CT molecular complexity index is 532. The number of halogens is 1. The van der Waals surface area contributed by atoms with Gasteiger partial charge in [-0.25, -0.2) is 0 Å². The third-order valence-corrected chi connectivity index (χ3v) is 3.27. The zero-order valence-electron chi connectivity index (χ0n) is 12.2. The van der Waals surface area contributed by atoms with Crippen molar-refractivity contribution in [2.75, 3.05) is 20.2 Å². The summed E-state index contributed by atoms with van der Waals surface area (Å²) in [6.07, 6.45) is 1.96. The van der Waals surface area contributed by atoms with Crippen molar-refractivity contribution in [1.29, 1.82) is 0 Å². The van der Waals surface area contributed by atoms with Gasteiger partial charge in [0.1, 0.15) is 0 Å². The molecule has 0 radical (unpaired) electrons. The lowest BCUT2D eigenvalue weighted by Gasteiger charge is -2.08. The zero-order chi connectivity index (χ0) is 14.2. The normalized spacial score (nSPS) is 9.95. The predicted octanol–water partition coefficient (Wildman–Crippen LogP) is 3.20. The van der Waals surface area contributed by atoms with Crippen molar-refractivity contribution in [3.63, 3.8) is 0 Å². The van der Waals surface area contributed by atoms with Gasteiger partial charge in [-0.2, -0.15) is 0 Å². The van der Waals surface area contributed by atoms with E-state index in [2.05, 4.69) is 29.6 Å². The number of hydrogen-bond donors (Lipinski definition) is 2. The monoisotopic (exact) mass is 307 g/mol. The first-order valence-electron chi connectivity index (χ1n) is 6.90. The fraction of sp³-hybridized carbons (Fsp3) is 0.294. The summed E-state index contributed by atoms with van der Waals surface area (Å²) in [7, 11) is 1.57. The van der Waals surface area contributed by atoms with Gasteiger partial charge in [-0.1, -0.05) is 36.4 Å². The molecule has 0 aliphatic carbocycles. The van der Waals surface area contributed by atoms with E-state index >= 15 is 0 Å². The van der Waals surface area contributed by atoms with Crippen LogP contribution in [-0.2, 0) is 12.8 Å². The molecule has 0 unspecified atom stereocenters. The van der Waals surface area contributed by atoms with Crippen molar-refractivity contribution < 1.29 is 9.84 Å². The van der Waals surface area contributed by atoms with Crippen molar-refractivity contribution >= 4 is 12.4 Å². The number of nitrogens with one attached hydrogen (secondary N) is 1. The number of ether oxygens (including phenoxy) is 1. The Morgan fingerprint density at radius 2 is 1.62 bits per heavy atom. The van der Waals surface area contributed by atoms with Gasteiger partial charge in [-0.15, -0.1) is 12.4 Å². The molecular weight excluding hydrogens is 286 g/mol. The van der Waals surface area contributed by atoms with Crippen LogP contribution in [0.1, 0.15) is 11.1 Å². The maximum absolute atomic E-state index is 9.53. The smallest absolute Gasteiger partial charge is 0.160 e. The van der Waals surface area contributed by atoms with Crippen LogP contribution >= 0.6 is 12.4 Å². The molecule has 114 valence electrons. The maximum Gasteiger partial charge on any atom is 0.160 e. The number of hydrogen-bond acceptors (Lipinski definition) is 3. The van der Waals surface area contributed by atoms with Crippen LogP contribution in [0.3, 0.4) is 0 Å². The second-order valence-electron chi connectivity index (χ2n) is 4.74.